The minimum atomic E-state index is -0.384. The van der Waals surface area contributed by atoms with E-state index < -0.39 is 0 Å². The first-order valence-corrected chi connectivity index (χ1v) is 6.28. The van der Waals surface area contributed by atoms with Gasteiger partial charge in [-0.2, -0.15) is 11.8 Å². The molecule has 13 heavy (non-hydrogen) atoms. The van der Waals surface area contributed by atoms with E-state index >= 15 is 0 Å². The van der Waals surface area contributed by atoms with Gasteiger partial charge in [0.2, 0.25) is 5.91 Å². The van der Waals surface area contributed by atoms with Crippen LogP contribution in [0.1, 0.15) is 20.3 Å². The number of halogens is 1. The maximum atomic E-state index is 11.6. The number of hydrogen-bond acceptors (Lipinski definition) is 2. The zero-order valence-corrected chi connectivity index (χ0v) is 9.70. The molecule has 2 unspecified atom stereocenters. The lowest BCUT2D eigenvalue weighted by molar-refractivity contribution is -0.132. The van der Waals surface area contributed by atoms with Gasteiger partial charge in [-0.25, -0.2) is 0 Å². The van der Waals surface area contributed by atoms with Crippen molar-refractivity contribution in [3.05, 3.63) is 0 Å². The first-order chi connectivity index (χ1) is 6.16. The largest absolute Gasteiger partial charge is 0.338 e. The molecule has 0 N–H and O–H groups in total. The number of thioether (sulfide) groups is 1. The Morgan fingerprint density at radius 3 is 2.85 bits per heavy atom. The van der Waals surface area contributed by atoms with Crippen molar-refractivity contribution in [1.29, 1.82) is 0 Å². The highest BCUT2D eigenvalue weighted by Crippen LogP contribution is 2.23. The first kappa shape index (κ1) is 11.2. The minimum Gasteiger partial charge on any atom is -0.338 e. The van der Waals surface area contributed by atoms with E-state index in [9.17, 15) is 4.79 Å². The lowest BCUT2D eigenvalue weighted by Crippen LogP contribution is -2.43. The zero-order chi connectivity index (χ0) is 9.84. The first-order valence-electron chi connectivity index (χ1n) is 4.69. The standard InChI is InChI=1S/C9H16ClNOS/c1-3-11(9(12)7(2)10)8-4-5-13-6-8/h7-8H,3-6H2,1-2H3. The second-order valence-electron chi connectivity index (χ2n) is 3.26. The van der Waals surface area contributed by atoms with Crippen molar-refractivity contribution in [3.63, 3.8) is 0 Å². The third kappa shape index (κ3) is 2.78. The van der Waals surface area contributed by atoms with Crippen molar-refractivity contribution >= 4 is 29.3 Å². The Kier molecular flexibility index (Phi) is 4.39. The molecular formula is C9H16ClNOS. The number of nitrogens with zero attached hydrogens (tertiary/aromatic N) is 1. The second kappa shape index (κ2) is 5.11. The Balaban J connectivity index is 2.55. The number of hydrogen-bond donors (Lipinski definition) is 0. The van der Waals surface area contributed by atoms with Gasteiger partial charge in [0.05, 0.1) is 0 Å². The summed E-state index contributed by atoms with van der Waals surface area (Å²) in [4.78, 5) is 13.6. The van der Waals surface area contributed by atoms with E-state index in [0.29, 0.717) is 6.04 Å². The maximum Gasteiger partial charge on any atom is 0.240 e. The zero-order valence-electron chi connectivity index (χ0n) is 8.12. The average Bonchev–Trinajstić information content (AvgIpc) is 2.58. The van der Waals surface area contributed by atoms with Crippen molar-refractivity contribution in [2.75, 3.05) is 18.1 Å². The predicted octanol–water partition coefficient (Wildman–Crippen LogP) is 1.97. The molecular weight excluding hydrogens is 206 g/mol. The maximum absolute atomic E-state index is 11.6. The molecule has 1 aliphatic heterocycles. The average molecular weight is 222 g/mol. The molecule has 0 aromatic rings. The highest BCUT2D eigenvalue weighted by atomic mass is 35.5. The van der Waals surface area contributed by atoms with E-state index in [1.165, 1.54) is 5.75 Å². The Hall–Kier alpha value is 0.110. The van der Waals surface area contributed by atoms with Gasteiger partial charge in [0.25, 0.3) is 0 Å². The van der Waals surface area contributed by atoms with Gasteiger partial charge < -0.3 is 4.90 Å². The van der Waals surface area contributed by atoms with Crippen LogP contribution in [-0.4, -0.2) is 40.3 Å². The van der Waals surface area contributed by atoms with Crippen molar-refractivity contribution in [1.82, 2.24) is 4.90 Å². The molecule has 1 rings (SSSR count). The van der Waals surface area contributed by atoms with Crippen molar-refractivity contribution in [2.24, 2.45) is 0 Å². The molecule has 1 aliphatic rings. The van der Waals surface area contributed by atoms with Crippen molar-refractivity contribution in [2.45, 2.75) is 31.7 Å². The summed E-state index contributed by atoms with van der Waals surface area (Å²) < 4.78 is 0. The molecule has 0 radical (unpaired) electrons. The Bertz CT molecular complexity index is 180. The van der Waals surface area contributed by atoms with Crippen LogP contribution < -0.4 is 0 Å². The van der Waals surface area contributed by atoms with Gasteiger partial charge >= 0.3 is 0 Å². The summed E-state index contributed by atoms with van der Waals surface area (Å²) >= 11 is 7.70. The van der Waals surface area contributed by atoms with E-state index in [1.807, 2.05) is 23.6 Å². The molecule has 1 fully saturated rings. The second-order valence-corrected chi connectivity index (χ2v) is 5.06. The van der Waals surface area contributed by atoms with Gasteiger partial charge in [-0.1, -0.05) is 0 Å². The smallest absolute Gasteiger partial charge is 0.240 e. The molecule has 2 atom stereocenters. The molecule has 1 amide bonds. The molecule has 0 bridgehead atoms. The Morgan fingerprint density at radius 1 is 1.77 bits per heavy atom. The van der Waals surface area contributed by atoms with E-state index in [2.05, 4.69) is 0 Å². The SMILES string of the molecule is CCN(C(=O)C(C)Cl)C1CCSC1. The minimum absolute atomic E-state index is 0.0802. The summed E-state index contributed by atoms with van der Waals surface area (Å²) in [5, 5.41) is -0.384. The lowest BCUT2D eigenvalue weighted by Gasteiger charge is -2.28. The van der Waals surface area contributed by atoms with E-state index in [0.717, 1.165) is 18.7 Å². The van der Waals surface area contributed by atoms with Gasteiger partial charge in [0.15, 0.2) is 0 Å². The number of carbonyl (C=O) groups excluding carboxylic acids is 1. The predicted molar refractivity (Wildman–Crippen MR) is 58.4 cm³/mol. The van der Waals surface area contributed by atoms with Crippen LogP contribution in [0.15, 0.2) is 0 Å². The Morgan fingerprint density at radius 2 is 2.46 bits per heavy atom. The van der Waals surface area contributed by atoms with E-state index in [1.54, 1.807) is 6.92 Å². The van der Waals surface area contributed by atoms with Crippen LogP contribution in [-0.2, 0) is 4.79 Å². The fourth-order valence-corrected chi connectivity index (χ4v) is 2.94. The molecule has 1 saturated heterocycles. The van der Waals surface area contributed by atoms with Gasteiger partial charge in [0, 0.05) is 18.3 Å². The molecule has 0 aromatic heterocycles. The number of rotatable bonds is 3. The lowest BCUT2D eigenvalue weighted by atomic mass is 10.2. The van der Waals surface area contributed by atoms with Gasteiger partial charge in [0.1, 0.15) is 5.38 Å². The summed E-state index contributed by atoms with van der Waals surface area (Å²) in [7, 11) is 0. The summed E-state index contributed by atoms with van der Waals surface area (Å²) in [6.45, 7) is 4.54. The molecule has 1 heterocycles. The molecule has 0 aromatic carbocycles. The molecule has 2 nitrogen and oxygen atoms in total. The van der Waals surface area contributed by atoms with Crippen LogP contribution in [0, 0.1) is 0 Å². The third-order valence-electron chi connectivity index (χ3n) is 2.31. The number of alkyl halides is 1. The molecule has 0 spiro atoms. The van der Waals surface area contributed by atoms with Crippen LogP contribution in [0.3, 0.4) is 0 Å². The molecule has 4 heteroatoms. The number of amides is 1. The summed E-state index contributed by atoms with van der Waals surface area (Å²) in [5.74, 6) is 2.32. The van der Waals surface area contributed by atoms with E-state index in [-0.39, 0.29) is 11.3 Å². The quantitative estimate of drug-likeness (QED) is 0.680. The van der Waals surface area contributed by atoms with E-state index in [4.69, 9.17) is 11.6 Å². The molecule has 0 aliphatic carbocycles. The van der Waals surface area contributed by atoms with Gasteiger partial charge in [-0.3, -0.25) is 4.79 Å². The normalized spacial score (nSPS) is 24.4. The van der Waals surface area contributed by atoms with Crippen LogP contribution >= 0.6 is 23.4 Å². The van der Waals surface area contributed by atoms with Crippen LogP contribution in [0.2, 0.25) is 0 Å². The fourth-order valence-electron chi connectivity index (χ4n) is 1.59. The third-order valence-corrected chi connectivity index (χ3v) is 3.64. The Labute approximate surface area is 89.0 Å². The highest BCUT2D eigenvalue weighted by molar-refractivity contribution is 7.99. The monoisotopic (exact) mass is 221 g/mol. The summed E-state index contributed by atoms with van der Waals surface area (Å²) in [6.07, 6.45) is 1.12. The van der Waals surface area contributed by atoms with Crippen molar-refractivity contribution < 1.29 is 4.79 Å². The van der Waals surface area contributed by atoms with Crippen LogP contribution in [0.25, 0.3) is 0 Å². The molecule has 0 saturated carbocycles. The summed E-state index contributed by atoms with van der Waals surface area (Å²) in [5.41, 5.74) is 0. The number of carbonyl (C=O) groups is 1. The fraction of sp³-hybridized carbons (Fsp3) is 0.889. The topological polar surface area (TPSA) is 20.3 Å². The summed E-state index contributed by atoms with van der Waals surface area (Å²) in [6, 6.07) is 0.420. The molecule has 76 valence electrons. The van der Waals surface area contributed by atoms with Gasteiger partial charge in [-0.15, -0.1) is 11.6 Å². The van der Waals surface area contributed by atoms with Crippen LogP contribution in [0.5, 0.6) is 0 Å². The van der Waals surface area contributed by atoms with Crippen LogP contribution in [0.4, 0.5) is 0 Å². The van der Waals surface area contributed by atoms with Crippen molar-refractivity contribution in [3.8, 4) is 0 Å². The highest BCUT2D eigenvalue weighted by Gasteiger charge is 2.27. The van der Waals surface area contributed by atoms with Gasteiger partial charge in [-0.05, 0) is 26.0 Å².